The molecule has 0 radical (unpaired) electrons. The van der Waals surface area contributed by atoms with E-state index in [0.717, 1.165) is 39.0 Å². The monoisotopic (exact) mass is 300 g/mol. The van der Waals surface area contributed by atoms with Crippen molar-refractivity contribution < 1.29 is 14.3 Å². The summed E-state index contributed by atoms with van der Waals surface area (Å²) in [4.78, 5) is 11.7. The first-order valence-electron chi connectivity index (χ1n) is 8.02. The number of rotatable bonds is 8. The van der Waals surface area contributed by atoms with Crippen LogP contribution >= 0.6 is 0 Å². The molecule has 5 nitrogen and oxygen atoms in total. The summed E-state index contributed by atoms with van der Waals surface area (Å²) in [6.45, 7) is 13.2. The van der Waals surface area contributed by atoms with E-state index >= 15 is 0 Å². The summed E-state index contributed by atoms with van der Waals surface area (Å²) in [6.07, 6.45) is 3.03. The van der Waals surface area contributed by atoms with E-state index < -0.39 is 5.60 Å². The molecule has 2 N–H and O–H groups in total. The SMILES string of the molecule is CCCCC(CNC(=O)OC(C)(C)C)NCC1(C)COC1. The second-order valence-electron chi connectivity index (χ2n) is 7.41. The Hall–Kier alpha value is -0.810. The van der Waals surface area contributed by atoms with Crippen LogP contribution in [0.2, 0.25) is 0 Å². The number of carbonyl (C=O) groups is 1. The second-order valence-corrected chi connectivity index (χ2v) is 7.41. The second kappa shape index (κ2) is 7.99. The molecule has 0 bridgehead atoms. The van der Waals surface area contributed by atoms with Gasteiger partial charge in [0.2, 0.25) is 0 Å². The Kier molecular flexibility index (Phi) is 6.94. The van der Waals surface area contributed by atoms with Gasteiger partial charge in [-0.2, -0.15) is 0 Å². The first-order chi connectivity index (χ1) is 9.74. The fourth-order valence-electron chi connectivity index (χ4n) is 2.19. The van der Waals surface area contributed by atoms with E-state index in [0.29, 0.717) is 6.54 Å². The smallest absolute Gasteiger partial charge is 0.407 e. The molecule has 1 atom stereocenters. The van der Waals surface area contributed by atoms with Crippen molar-refractivity contribution in [3.63, 3.8) is 0 Å². The summed E-state index contributed by atoms with van der Waals surface area (Å²) in [5.41, 5.74) is -0.205. The van der Waals surface area contributed by atoms with Crippen molar-refractivity contribution in [1.29, 1.82) is 0 Å². The van der Waals surface area contributed by atoms with Gasteiger partial charge in [0.05, 0.1) is 13.2 Å². The van der Waals surface area contributed by atoms with Gasteiger partial charge in [-0.05, 0) is 27.2 Å². The van der Waals surface area contributed by atoms with Crippen molar-refractivity contribution in [2.24, 2.45) is 5.41 Å². The molecular formula is C16H32N2O3. The van der Waals surface area contributed by atoms with Crippen LogP contribution in [0.5, 0.6) is 0 Å². The summed E-state index contributed by atoms with van der Waals surface area (Å²) in [6, 6.07) is 0.287. The number of ether oxygens (including phenoxy) is 2. The highest BCUT2D eigenvalue weighted by molar-refractivity contribution is 5.67. The van der Waals surface area contributed by atoms with Gasteiger partial charge in [-0.15, -0.1) is 0 Å². The third-order valence-electron chi connectivity index (χ3n) is 3.52. The zero-order chi connectivity index (χ0) is 15.9. The van der Waals surface area contributed by atoms with Crippen molar-refractivity contribution in [3.8, 4) is 0 Å². The first kappa shape index (κ1) is 18.2. The standard InChI is InChI=1S/C16H32N2O3/c1-6-7-8-13(18-10-16(5)11-20-12-16)9-17-14(19)21-15(2,3)4/h13,18H,6-12H2,1-5H3,(H,17,19). The highest BCUT2D eigenvalue weighted by Gasteiger charge is 2.33. The van der Waals surface area contributed by atoms with Crippen LogP contribution in [0, 0.1) is 5.41 Å². The molecule has 1 fully saturated rings. The van der Waals surface area contributed by atoms with Gasteiger partial charge in [0.1, 0.15) is 5.60 Å². The fourth-order valence-corrected chi connectivity index (χ4v) is 2.19. The van der Waals surface area contributed by atoms with Crippen LogP contribution in [-0.4, -0.2) is 44.0 Å². The lowest BCUT2D eigenvalue weighted by Gasteiger charge is -2.39. The minimum atomic E-state index is -0.451. The van der Waals surface area contributed by atoms with E-state index in [1.165, 1.54) is 0 Å². The maximum absolute atomic E-state index is 11.7. The normalized spacial score (nSPS) is 18.7. The molecule has 0 spiro atoms. The zero-order valence-electron chi connectivity index (χ0n) is 14.3. The average Bonchev–Trinajstić information content (AvgIpc) is 2.33. The maximum Gasteiger partial charge on any atom is 0.407 e. The fraction of sp³-hybridized carbons (Fsp3) is 0.938. The van der Waals surface area contributed by atoms with Crippen LogP contribution < -0.4 is 10.6 Å². The lowest BCUT2D eigenvalue weighted by atomic mass is 9.88. The molecule has 1 unspecified atom stereocenters. The molecule has 0 aliphatic carbocycles. The van der Waals surface area contributed by atoms with E-state index in [1.807, 2.05) is 20.8 Å². The van der Waals surface area contributed by atoms with E-state index in [2.05, 4.69) is 24.5 Å². The van der Waals surface area contributed by atoms with Gasteiger partial charge >= 0.3 is 6.09 Å². The van der Waals surface area contributed by atoms with E-state index in [-0.39, 0.29) is 17.6 Å². The van der Waals surface area contributed by atoms with Gasteiger partial charge < -0.3 is 20.1 Å². The molecule has 0 aromatic heterocycles. The molecule has 124 valence electrons. The van der Waals surface area contributed by atoms with Crippen molar-refractivity contribution >= 4 is 6.09 Å². The highest BCUT2D eigenvalue weighted by atomic mass is 16.6. The molecule has 21 heavy (non-hydrogen) atoms. The molecule has 1 saturated heterocycles. The van der Waals surface area contributed by atoms with Gasteiger partial charge in [-0.25, -0.2) is 4.79 Å². The quantitative estimate of drug-likeness (QED) is 0.723. The molecule has 5 heteroatoms. The summed E-state index contributed by atoms with van der Waals surface area (Å²) in [5.74, 6) is 0. The Balaban J connectivity index is 2.33. The molecular weight excluding hydrogens is 268 g/mol. The lowest BCUT2D eigenvalue weighted by Crippen LogP contribution is -2.51. The minimum absolute atomic E-state index is 0.246. The summed E-state index contributed by atoms with van der Waals surface area (Å²) in [7, 11) is 0. The molecule has 0 saturated carbocycles. The molecule has 1 rings (SSSR count). The third kappa shape index (κ3) is 7.67. The predicted molar refractivity (Wildman–Crippen MR) is 84.5 cm³/mol. The van der Waals surface area contributed by atoms with Crippen LogP contribution in [0.25, 0.3) is 0 Å². The molecule has 0 aromatic carbocycles. The maximum atomic E-state index is 11.7. The number of nitrogens with one attached hydrogen (secondary N) is 2. The molecule has 1 aliphatic rings. The number of unbranched alkanes of at least 4 members (excludes halogenated alkanes) is 1. The van der Waals surface area contributed by atoms with Gasteiger partial charge in [-0.3, -0.25) is 0 Å². The van der Waals surface area contributed by atoms with Crippen LogP contribution in [0.3, 0.4) is 0 Å². The van der Waals surface area contributed by atoms with Crippen molar-refractivity contribution in [3.05, 3.63) is 0 Å². The van der Waals surface area contributed by atoms with Crippen LogP contribution in [0.1, 0.15) is 53.9 Å². The van der Waals surface area contributed by atoms with E-state index in [1.54, 1.807) is 0 Å². The first-order valence-corrected chi connectivity index (χ1v) is 8.02. The van der Waals surface area contributed by atoms with E-state index in [4.69, 9.17) is 9.47 Å². The van der Waals surface area contributed by atoms with Crippen molar-refractivity contribution in [1.82, 2.24) is 10.6 Å². The Morgan fingerprint density at radius 1 is 1.38 bits per heavy atom. The van der Waals surface area contributed by atoms with Gasteiger partial charge in [0.15, 0.2) is 0 Å². The van der Waals surface area contributed by atoms with Gasteiger partial charge in [0, 0.05) is 24.5 Å². The Morgan fingerprint density at radius 2 is 2.05 bits per heavy atom. The zero-order valence-corrected chi connectivity index (χ0v) is 14.3. The predicted octanol–water partition coefficient (Wildman–Crippen LogP) is 2.70. The van der Waals surface area contributed by atoms with Crippen LogP contribution in [-0.2, 0) is 9.47 Å². The third-order valence-corrected chi connectivity index (χ3v) is 3.52. The summed E-state index contributed by atoms with van der Waals surface area (Å²) < 4.78 is 10.5. The van der Waals surface area contributed by atoms with E-state index in [9.17, 15) is 4.79 Å². The molecule has 0 aromatic rings. The van der Waals surface area contributed by atoms with Gasteiger partial charge in [-0.1, -0.05) is 26.7 Å². The Labute approximate surface area is 129 Å². The molecule has 1 aliphatic heterocycles. The Bertz CT molecular complexity index is 322. The highest BCUT2D eigenvalue weighted by Crippen LogP contribution is 2.25. The average molecular weight is 300 g/mol. The number of carbonyl (C=O) groups excluding carboxylic acids is 1. The largest absolute Gasteiger partial charge is 0.444 e. The van der Waals surface area contributed by atoms with Crippen molar-refractivity contribution in [2.75, 3.05) is 26.3 Å². The molecule has 1 amide bonds. The summed E-state index contributed by atoms with van der Waals surface area (Å²) in [5, 5.41) is 6.43. The number of hydrogen-bond donors (Lipinski definition) is 2. The van der Waals surface area contributed by atoms with Crippen LogP contribution in [0.15, 0.2) is 0 Å². The number of hydrogen-bond acceptors (Lipinski definition) is 4. The number of amides is 1. The summed E-state index contributed by atoms with van der Waals surface area (Å²) >= 11 is 0. The lowest BCUT2D eigenvalue weighted by molar-refractivity contribution is -0.100. The van der Waals surface area contributed by atoms with Crippen molar-refractivity contribution in [2.45, 2.75) is 65.5 Å². The molecule has 1 heterocycles. The number of alkyl carbamates (subject to hydrolysis) is 1. The van der Waals surface area contributed by atoms with Crippen LogP contribution in [0.4, 0.5) is 4.79 Å². The van der Waals surface area contributed by atoms with Gasteiger partial charge in [0.25, 0.3) is 0 Å². The Morgan fingerprint density at radius 3 is 2.52 bits per heavy atom. The topological polar surface area (TPSA) is 59.6 Å². The minimum Gasteiger partial charge on any atom is -0.444 e.